The van der Waals surface area contributed by atoms with Crippen molar-refractivity contribution in [1.82, 2.24) is 5.32 Å². The monoisotopic (exact) mass is 656 g/mol. The molecule has 0 aromatic heterocycles. The first kappa shape index (κ1) is 40.9. The summed E-state index contributed by atoms with van der Waals surface area (Å²) in [6.07, 6.45) is 18.4. The molecule has 5 atom stereocenters. The first-order valence-electron chi connectivity index (χ1n) is 18.7. The summed E-state index contributed by atoms with van der Waals surface area (Å²) in [6.45, 7) is 24.6. The Morgan fingerprint density at radius 3 is 2.15 bits per heavy atom. The molecule has 6 heteroatoms. The number of ether oxygens (including phenoxy) is 1. The molecule has 3 fully saturated rings. The summed E-state index contributed by atoms with van der Waals surface area (Å²) in [7, 11) is 0. The van der Waals surface area contributed by atoms with Gasteiger partial charge >= 0.3 is 0 Å². The van der Waals surface area contributed by atoms with Gasteiger partial charge in [0.05, 0.1) is 6.04 Å². The van der Waals surface area contributed by atoms with Gasteiger partial charge in [0, 0.05) is 31.1 Å². The van der Waals surface area contributed by atoms with Crippen molar-refractivity contribution < 1.29 is 23.9 Å². The maximum absolute atomic E-state index is 14.4. The first-order chi connectivity index (χ1) is 22.0. The van der Waals surface area contributed by atoms with Crippen molar-refractivity contribution in [3.63, 3.8) is 0 Å². The molecule has 3 aliphatic rings. The molecule has 1 N–H and O–H groups in total. The van der Waals surface area contributed by atoms with E-state index < -0.39 is 5.60 Å². The molecule has 268 valence electrons. The van der Waals surface area contributed by atoms with Gasteiger partial charge in [-0.15, -0.1) is 6.58 Å². The molecule has 3 rings (SSSR count). The van der Waals surface area contributed by atoms with Gasteiger partial charge in [-0.1, -0.05) is 59.5 Å². The number of Topliss-reactive ketones (excluding diaryl/α,β-unsaturated/α-hetero) is 3. The van der Waals surface area contributed by atoms with E-state index in [9.17, 15) is 14.4 Å². The number of hydrogen-bond acceptors (Lipinski definition) is 6. The van der Waals surface area contributed by atoms with Crippen molar-refractivity contribution in [2.24, 2.45) is 40.4 Å². The molecule has 6 nitrogen and oxygen atoms in total. The zero-order valence-corrected chi connectivity index (χ0v) is 31.2. The second kappa shape index (κ2) is 18.5. The van der Waals surface area contributed by atoms with Crippen LogP contribution in [0.15, 0.2) is 25.1 Å². The Hall–Kier alpha value is -2.24. The molecule has 0 saturated heterocycles. The number of hydrogen-bond donors (Lipinski definition) is 1. The molecular formula is C41H69NO5. The Bertz CT molecular complexity index is 1040. The molecular weight excluding hydrogens is 586 g/mol. The average molecular weight is 656 g/mol. The number of allylic oxidation sites excluding steroid dienone is 1. The average Bonchev–Trinajstić information content (AvgIpc) is 3.68. The van der Waals surface area contributed by atoms with Crippen LogP contribution < -0.4 is 5.32 Å². The zero-order valence-electron chi connectivity index (χ0n) is 31.2. The van der Waals surface area contributed by atoms with Crippen LogP contribution in [0.3, 0.4) is 0 Å². The molecule has 0 spiro atoms. The van der Waals surface area contributed by atoms with E-state index in [2.05, 4.69) is 46.2 Å². The zero-order chi connectivity index (χ0) is 35.4. The van der Waals surface area contributed by atoms with E-state index in [0.29, 0.717) is 42.6 Å². The molecule has 0 aromatic rings. The Morgan fingerprint density at radius 1 is 0.957 bits per heavy atom. The van der Waals surface area contributed by atoms with Crippen molar-refractivity contribution in [3.8, 4) is 0 Å². The molecule has 0 amide bonds. The van der Waals surface area contributed by atoms with E-state index in [1.54, 1.807) is 0 Å². The predicted molar refractivity (Wildman–Crippen MR) is 193 cm³/mol. The lowest BCUT2D eigenvalue weighted by Gasteiger charge is -2.35. The standard InChI is InChI=1S/C40H67NO4.CH2O/c1-10-11-19-31(40(24-25-40)23-16-15-20-32(42)27-38(4,5)6)26-34(43)35-28(2)21-22-33(35)37(44)36(30-17-13-12-14-18-30)41-29(3)45-39(7,8)9;1-2/h10,28,30-31,33,35-36,41H,1,3,11-27H2,2,4-9H3;1H2/t28?,31?,33?,35?,36-;/m0./s1. The third-order valence-electron chi connectivity index (χ3n) is 10.9. The fourth-order valence-electron chi connectivity index (χ4n) is 8.58. The normalized spacial score (nSPS) is 23.9. The minimum absolute atomic E-state index is 0.0439. The number of nitrogens with one attached hydrogen (secondary N) is 1. The van der Waals surface area contributed by atoms with Gasteiger partial charge in [0.25, 0.3) is 0 Å². The molecule has 0 heterocycles. The Morgan fingerprint density at radius 2 is 1.60 bits per heavy atom. The summed E-state index contributed by atoms with van der Waals surface area (Å²) in [5.74, 6) is 1.67. The van der Waals surface area contributed by atoms with Gasteiger partial charge < -0.3 is 14.8 Å². The lowest BCUT2D eigenvalue weighted by molar-refractivity contribution is -0.135. The molecule has 3 saturated carbocycles. The third kappa shape index (κ3) is 13.3. The lowest BCUT2D eigenvalue weighted by atomic mass is 9.72. The van der Waals surface area contributed by atoms with E-state index >= 15 is 0 Å². The van der Waals surface area contributed by atoms with Crippen LogP contribution in [-0.4, -0.2) is 35.8 Å². The van der Waals surface area contributed by atoms with E-state index in [1.807, 2.05) is 33.6 Å². The van der Waals surface area contributed by atoms with Crippen molar-refractivity contribution in [2.75, 3.05) is 0 Å². The summed E-state index contributed by atoms with van der Waals surface area (Å²) in [5.41, 5.74) is -0.144. The van der Waals surface area contributed by atoms with Crippen molar-refractivity contribution in [1.29, 1.82) is 0 Å². The maximum atomic E-state index is 14.4. The minimum Gasteiger partial charge on any atom is -0.474 e. The Labute approximate surface area is 287 Å². The SMILES string of the molecule is C=CCCC(CC(=O)C1C(C)CCC1C(=O)[C@@H](NC(=C)OC(C)(C)C)C1CCCCC1)C1(CCCCC(=O)CC(C)(C)C)CC1.C=O. The topological polar surface area (TPSA) is 89.5 Å². The van der Waals surface area contributed by atoms with Crippen LogP contribution in [0, 0.1) is 40.4 Å². The summed E-state index contributed by atoms with van der Waals surface area (Å²) >= 11 is 0. The van der Waals surface area contributed by atoms with Crippen LogP contribution in [0.4, 0.5) is 0 Å². The molecule has 3 aliphatic carbocycles. The van der Waals surface area contributed by atoms with Crippen LogP contribution in [-0.2, 0) is 23.9 Å². The Kier molecular flexibility index (Phi) is 16.1. The number of ketones is 3. The first-order valence-corrected chi connectivity index (χ1v) is 18.7. The van der Waals surface area contributed by atoms with Gasteiger partial charge in [0.15, 0.2) is 11.7 Å². The number of carbonyl (C=O) groups excluding carboxylic acids is 4. The van der Waals surface area contributed by atoms with E-state index in [4.69, 9.17) is 9.53 Å². The predicted octanol–water partition coefficient (Wildman–Crippen LogP) is 9.75. The summed E-state index contributed by atoms with van der Waals surface area (Å²) in [5, 5.41) is 3.43. The highest BCUT2D eigenvalue weighted by Gasteiger charge is 2.51. The second-order valence-electron chi connectivity index (χ2n) is 17.3. The molecule has 0 bridgehead atoms. The van der Waals surface area contributed by atoms with Crippen molar-refractivity contribution in [3.05, 3.63) is 25.1 Å². The van der Waals surface area contributed by atoms with Gasteiger partial charge in [-0.05, 0) is 120 Å². The molecule has 4 unspecified atom stereocenters. The van der Waals surface area contributed by atoms with Gasteiger partial charge in [-0.25, -0.2) is 0 Å². The second-order valence-corrected chi connectivity index (χ2v) is 17.3. The van der Waals surface area contributed by atoms with E-state index in [0.717, 1.165) is 70.6 Å². The minimum atomic E-state index is -0.397. The van der Waals surface area contributed by atoms with E-state index in [1.165, 1.54) is 19.3 Å². The summed E-state index contributed by atoms with van der Waals surface area (Å²) in [6, 6.07) is -0.349. The number of unbranched alkanes of at least 4 members (excludes halogenated alkanes) is 1. The van der Waals surface area contributed by atoms with Crippen molar-refractivity contribution in [2.45, 2.75) is 169 Å². The maximum Gasteiger partial charge on any atom is 0.180 e. The van der Waals surface area contributed by atoms with Crippen LogP contribution in [0.25, 0.3) is 0 Å². The fourth-order valence-corrected chi connectivity index (χ4v) is 8.58. The third-order valence-corrected chi connectivity index (χ3v) is 10.9. The summed E-state index contributed by atoms with van der Waals surface area (Å²) < 4.78 is 6.02. The summed E-state index contributed by atoms with van der Waals surface area (Å²) in [4.78, 5) is 49.2. The quantitative estimate of drug-likeness (QED) is 0.0847. The smallest absolute Gasteiger partial charge is 0.180 e. The van der Waals surface area contributed by atoms with E-state index in [-0.39, 0.29) is 46.3 Å². The Balaban J connectivity index is 0.00000376. The van der Waals surface area contributed by atoms with Crippen LogP contribution in [0.2, 0.25) is 0 Å². The highest BCUT2D eigenvalue weighted by molar-refractivity contribution is 5.93. The molecule has 0 aliphatic heterocycles. The molecule has 0 aromatic carbocycles. The number of carbonyl (C=O) groups is 4. The van der Waals surface area contributed by atoms with Gasteiger partial charge in [-0.3, -0.25) is 14.4 Å². The van der Waals surface area contributed by atoms with Crippen molar-refractivity contribution >= 4 is 24.1 Å². The largest absolute Gasteiger partial charge is 0.474 e. The van der Waals surface area contributed by atoms with Crippen LogP contribution in [0.5, 0.6) is 0 Å². The fraction of sp³-hybridized carbons (Fsp3) is 0.805. The van der Waals surface area contributed by atoms with Crippen LogP contribution in [0.1, 0.15) is 158 Å². The van der Waals surface area contributed by atoms with Gasteiger partial charge in [0.2, 0.25) is 0 Å². The van der Waals surface area contributed by atoms with Gasteiger partial charge in [-0.2, -0.15) is 0 Å². The highest BCUT2D eigenvalue weighted by atomic mass is 16.5. The number of rotatable bonds is 19. The van der Waals surface area contributed by atoms with Gasteiger partial charge in [0.1, 0.15) is 24.0 Å². The van der Waals surface area contributed by atoms with Crippen LogP contribution >= 0.6 is 0 Å². The lowest BCUT2D eigenvalue weighted by Crippen LogP contribution is -2.48. The highest BCUT2D eigenvalue weighted by Crippen LogP contribution is 2.59. The molecule has 47 heavy (non-hydrogen) atoms. The molecule has 0 radical (unpaired) electrons.